The molecular weight excluding hydrogens is 428 g/mol. The molecule has 2 aromatic carbocycles. The van der Waals surface area contributed by atoms with Crippen molar-refractivity contribution in [2.75, 3.05) is 6.54 Å². The lowest BCUT2D eigenvalue weighted by molar-refractivity contribution is -0.149. The fourth-order valence-corrected chi connectivity index (χ4v) is 5.09. The number of carboxylic acid groups (broad SMARTS) is 1. The number of fused-ring (bicyclic) bond motifs is 1. The predicted octanol–water partition coefficient (Wildman–Crippen LogP) is 3.26. The van der Waals surface area contributed by atoms with Gasteiger partial charge >= 0.3 is 5.97 Å². The highest BCUT2D eigenvalue weighted by Crippen LogP contribution is 2.28. The molecule has 162 valence electrons. The molecule has 1 amide bonds. The van der Waals surface area contributed by atoms with Crippen LogP contribution in [0.3, 0.4) is 0 Å². The molecule has 9 heteroatoms. The number of benzene rings is 2. The van der Waals surface area contributed by atoms with Gasteiger partial charge in [0.1, 0.15) is 12.1 Å². The Kier molecular flexibility index (Phi) is 6.13. The monoisotopic (exact) mass is 452 g/mol. The molecule has 0 saturated carbocycles. The van der Waals surface area contributed by atoms with Crippen LogP contribution >= 0.6 is 11.6 Å². The van der Waals surface area contributed by atoms with Crippen LogP contribution in [0.1, 0.15) is 33.6 Å². The van der Waals surface area contributed by atoms with Crippen molar-refractivity contribution in [3.63, 3.8) is 0 Å². The largest absolute Gasteiger partial charge is 0.480 e. The zero-order chi connectivity index (χ0) is 22.3. The second kappa shape index (κ2) is 8.17. The van der Waals surface area contributed by atoms with Gasteiger partial charge in [-0.3, -0.25) is 4.79 Å². The lowest BCUT2D eigenvalue weighted by atomic mass is 9.87. The lowest BCUT2D eigenvalue weighted by Gasteiger charge is -2.30. The molecule has 0 aliphatic carbocycles. The number of amides is 1. The quantitative estimate of drug-likeness (QED) is 0.700. The first-order chi connectivity index (χ1) is 13.9. The van der Waals surface area contributed by atoms with Gasteiger partial charge in [0.05, 0.1) is 4.90 Å². The summed E-state index contributed by atoms with van der Waals surface area (Å²) >= 11 is 5.96. The molecule has 1 heterocycles. The van der Waals surface area contributed by atoms with E-state index in [2.05, 4.69) is 4.72 Å². The Morgan fingerprint density at radius 1 is 1.23 bits per heavy atom. The minimum atomic E-state index is -3.96. The second-order valence-corrected chi connectivity index (χ2v) is 10.9. The van der Waals surface area contributed by atoms with Crippen LogP contribution < -0.4 is 4.72 Å². The van der Waals surface area contributed by atoms with Crippen LogP contribution in [0.25, 0.3) is 10.8 Å². The average molecular weight is 453 g/mol. The Morgan fingerprint density at radius 3 is 2.50 bits per heavy atom. The molecule has 0 aromatic heterocycles. The number of hydrogen-bond donors (Lipinski definition) is 2. The maximum absolute atomic E-state index is 12.9. The summed E-state index contributed by atoms with van der Waals surface area (Å²) in [5, 5.41) is 11.6. The van der Waals surface area contributed by atoms with Gasteiger partial charge in [0.2, 0.25) is 15.9 Å². The normalized spacial score (nSPS) is 18.7. The molecule has 0 spiro atoms. The Morgan fingerprint density at radius 2 is 1.87 bits per heavy atom. The van der Waals surface area contributed by atoms with Crippen LogP contribution in [0.2, 0.25) is 5.02 Å². The number of likely N-dealkylation sites (tertiary alicyclic amines) is 1. The van der Waals surface area contributed by atoms with Gasteiger partial charge in [-0.05, 0) is 53.3 Å². The number of rotatable bonds is 6. The van der Waals surface area contributed by atoms with E-state index in [1.54, 1.807) is 24.3 Å². The Balaban J connectivity index is 1.80. The summed E-state index contributed by atoms with van der Waals surface area (Å²) in [7, 11) is -3.96. The van der Waals surface area contributed by atoms with Crippen LogP contribution in [0, 0.1) is 5.41 Å². The molecule has 3 rings (SSSR count). The summed E-state index contributed by atoms with van der Waals surface area (Å²) in [5.74, 6) is -1.60. The van der Waals surface area contributed by atoms with Crippen molar-refractivity contribution in [2.24, 2.45) is 5.41 Å². The third kappa shape index (κ3) is 4.94. The summed E-state index contributed by atoms with van der Waals surface area (Å²) in [4.78, 5) is 25.8. The first kappa shape index (κ1) is 22.5. The smallest absolute Gasteiger partial charge is 0.326 e. The maximum atomic E-state index is 12.9. The van der Waals surface area contributed by atoms with E-state index >= 15 is 0 Å². The molecular formula is C21H25ClN2O5S. The molecule has 2 atom stereocenters. The minimum absolute atomic E-state index is 0.0352. The van der Waals surface area contributed by atoms with Crippen LogP contribution in [0.15, 0.2) is 41.3 Å². The van der Waals surface area contributed by atoms with E-state index in [1.807, 2.05) is 20.8 Å². The van der Waals surface area contributed by atoms with Crippen LogP contribution in [0.5, 0.6) is 0 Å². The molecule has 1 aliphatic heterocycles. The van der Waals surface area contributed by atoms with E-state index in [9.17, 15) is 23.1 Å². The van der Waals surface area contributed by atoms with Gasteiger partial charge in [-0.2, -0.15) is 4.72 Å². The number of hydrogen-bond acceptors (Lipinski definition) is 4. The summed E-state index contributed by atoms with van der Waals surface area (Å²) in [6.45, 7) is 5.89. The van der Waals surface area contributed by atoms with Gasteiger partial charge in [0, 0.05) is 11.6 Å². The Bertz CT molecular complexity index is 1090. The first-order valence-corrected chi connectivity index (χ1v) is 11.5. The number of carbonyl (C=O) groups excluding carboxylic acids is 1. The van der Waals surface area contributed by atoms with Gasteiger partial charge < -0.3 is 10.0 Å². The Hall–Kier alpha value is -2.16. The van der Waals surface area contributed by atoms with Crippen molar-refractivity contribution in [3.05, 3.63) is 41.4 Å². The van der Waals surface area contributed by atoms with Gasteiger partial charge in [0.25, 0.3) is 0 Å². The molecule has 2 aromatic rings. The molecule has 2 N–H and O–H groups in total. The van der Waals surface area contributed by atoms with Gasteiger partial charge in [-0.1, -0.05) is 44.5 Å². The van der Waals surface area contributed by atoms with Crippen molar-refractivity contribution < 1.29 is 23.1 Å². The maximum Gasteiger partial charge on any atom is 0.326 e. The molecule has 0 radical (unpaired) electrons. The standard InChI is InChI=1S/C21H25ClN2O5S/c1-21(2,3)12-18(20(26)27)24-9-8-17(19(24)25)23-30(28,29)16-7-5-13-10-15(22)6-4-14(13)11-16/h4-7,10-11,17-18,23H,8-9,12H2,1-3H3,(H,26,27)/t17-,18-/m1/s1. The van der Waals surface area contributed by atoms with Gasteiger partial charge in [0.15, 0.2) is 0 Å². The number of carbonyl (C=O) groups is 2. The highest BCUT2D eigenvalue weighted by atomic mass is 35.5. The molecule has 1 aliphatic rings. The summed E-state index contributed by atoms with van der Waals surface area (Å²) < 4.78 is 28.2. The van der Waals surface area contributed by atoms with E-state index in [1.165, 1.54) is 17.0 Å². The number of halogens is 1. The topological polar surface area (TPSA) is 104 Å². The number of nitrogens with zero attached hydrogens (tertiary/aromatic N) is 1. The highest BCUT2D eigenvalue weighted by Gasteiger charge is 2.42. The van der Waals surface area contributed by atoms with E-state index < -0.39 is 34.0 Å². The zero-order valence-corrected chi connectivity index (χ0v) is 18.6. The van der Waals surface area contributed by atoms with E-state index in [4.69, 9.17) is 11.6 Å². The lowest BCUT2D eigenvalue weighted by Crippen LogP contribution is -2.48. The fraction of sp³-hybridized carbons (Fsp3) is 0.429. The number of aliphatic carboxylic acids is 1. The van der Waals surface area contributed by atoms with Crippen LogP contribution in [-0.4, -0.2) is 48.9 Å². The number of carboxylic acids is 1. The summed E-state index contributed by atoms with van der Waals surface area (Å²) in [6.07, 6.45) is 0.496. The molecule has 7 nitrogen and oxygen atoms in total. The molecule has 1 fully saturated rings. The second-order valence-electron chi connectivity index (χ2n) is 8.77. The van der Waals surface area contributed by atoms with E-state index in [0.717, 1.165) is 5.39 Å². The summed E-state index contributed by atoms with van der Waals surface area (Å²) in [6, 6.07) is 7.79. The van der Waals surface area contributed by atoms with E-state index in [-0.39, 0.29) is 29.7 Å². The van der Waals surface area contributed by atoms with Gasteiger partial charge in [-0.25, -0.2) is 13.2 Å². The summed E-state index contributed by atoms with van der Waals surface area (Å²) in [5.41, 5.74) is -0.297. The molecule has 30 heavy (non-hydrogen) atoms. The fourth-order valence-electron chi connectivity index (χ4n) is 3.65. The van der Waals surface area contributed by atoms with Crippen LogP contribution in [0.4, 0.5) is 0 Å². The van der Waals surface area contributed by atoms with Crippen molar-refractivity contribution in [2.45, 2.75) is 50.6 Å². The van der Waals surface area contributed by atoms with Gasteiger partial charge in [-0.15, -0.1) is 0 Å². The van der Waals surface area contributed by atoms with Crippen molar-refractivity contribution in [1.29, 1.82) is 0 Å². The average Bonchev–Trinajstić information content (AvgIpc) is 2.98. The predicted molar refractivity (Wildman–Crippen MR) is 115 cm³/mol. The van der Waals surface area contributed by atoms with Crippen molar-refractivity contribution in [1.82, 2.24) is 9.62 Å². The minimum Gasteiger partial charge on any atom is -0.480 e. The molecule has 0 unspecified atom stereocenters. The SMILES string of the molecule is CC(C)(C)C[C@H](C(=O)O)N1CC[C@@H](NS(=O)(=O)c2ccc3cc(Cl)ccc3c2)C1=O. The van der Waals surface area contributed by atoms with E-state index in [0.29, 0.717) is 10.4 Å². The van der Waals surface area contributed by atoms with Crippen molar-refractivity contribution in [3.8, 4) is 0 Å². The first-order valence-electron chi connectivity index (χ1n) is 9.62. The zero-order valence-electron chi connectivity index (χ0n) is 17.1. The Labute approximate surface area is 181 Å². The third-order valence-electron chi connectivity index (χ3n) is 5.09. The molecule has 0 bridgehead atoms. The number of nitrogens with one attached hydrogen (secondary N) is 1. The van der Waals surface area contributed by atoms with Crippen molar-refractivity contribution >= 4 is 44.3 Å². The highest BCUT2D eigenvalue weighted by molar-refractivity contribution is 7.89. The third-order valence-corrected chi connectivity index (χ3v) is 6.79. The number of sulfonamides is 1. The molecule has 1 saturated heterocycles. The van der Waals surface area contributed by atoms with Crippen LogP contribution in [-0.2, 0) is 19.6 Å².